The third-order valence-electron chi connectivity index (χ3n) is 3.99. The zero-order valence-electron chi connectivity index (χ0n) is 11.4. The molecule has 2 unspecified atom stereocenters. The fourth-order valence-corrected chi connectivity index (χ4v) is 3.09. The second-order valence-corrected chi connectivity index (χ2v) is 5.66. The number of nitrogens with one attached hydrogen (secondary N) is 1. The molecule has 2 heterocycles. The summed E-state index contributed by atoms with van der Waals surface area (Å²) < 4.78 is 5.63. The molecule has 0 aromatic heterocycles. The predicted octanol–water partition coefficient (Wildman–Crippen LogP) is 1.90. The second-order valence-electron chi connectivity index (χ2n) is 5.66. The van der Waals surface area contributed by atoms with E-state index >= 15 is 0 Å². The van der Waals surface area contributed by atoms with Gasteiger partial charge in [0, 0.05) is 24.2 Å². The van der Waals surface area contributed by atoms with Crippen molar-refractivity contribution in [3.8, 4) is 11.5 Å². The van der Waals surface area contributed by atoms with Gasteiger partial charge in [0.25, 0.3) is 0 Å². The van der Waals surface area contributed by atoms with Gasteiger partial charge in [0.2, 0.25) is 0 Å². The molecular weight excluding hydrogens is 240 g/mol. The van der Waals surface area contributed by atoms with Gasteiger partial charge < -0.3 is 20.1 Å². The molecule has 4 heteroatoms. The average molecular weight is 262 g/mol. The van der Waals surface area contributed by atoms with Crippen molar-refractivity contribution < 1.29 is 9.84 Å². The number of rotatable bonds is 4. The number of ether oxygens (including phenoxy) is 1. The zero-order valence-corrected chi connectivity index (χ0v) is 11.4. The van der Waals surface area contributed by atoms with E-state index in [2.05, 4.69) is 17.1 Å². The Kier molecular flexibility index (Phi) is 3.62. The smallest absolute Gasteiger partial charge is 0.127 e. The zero-order chi connectivity index (χ0) is 13.2. The van der Waals surface area contributed by atoms with Crippen molar-refractivity contribution in [2.45, 2.75) is 31.8 Å². The first kappa shape index (κ1) is 12.8. The molecule has 19 heavy (non-hydrogen) atoms. The van der Waals surface area contributed by atoms with E-state index in [4.69, 9.17) is 4.74 Å². The van der Waals surface area contributed by atoms with Crippen LogP contribution in [-0.4, -0.2) is 42.3 Å². The average Bonchev–Trinajstić information content (AvgIpc) is 2.99. The van der Waals surface area contributed by atoms with Crippen LogP contribution in [0.15, 0.2) is 18.2 Å². The molecule has 2 atom stereocenters. The fraction of sp³-hybridized carbons (Fsp3) is 0.600. The minimum Gasteiger partial charge on any atom is -0.508 e. The van der Waals surface area contributed by atoms with Crippen LogP contribution in [0, 0.1) is 0 Å². The van der Waals surface area contributed by atoms with Gasteiger partial charge in [-0.15, -0.1) is 0 Å². The molecule has 2 N–H and O–H groups in total. The van der Waals surface area contributed by atoms with Crippen LogP contribution in [0.2, 0.25) is 0 Å². The largest absolute Gasteiger partial charge is 0.508 e. The lowest BCUT2D eigenvalue weighted by molar-refractivity contribution is 0.260. The lowest BCUT2D eigenvalue weighted by Gasteiger charge is -2.24. The van der Waals surface area contributed by atoms with Gasteiger partial charge in [-0.2, -0.15) is 0 Å². The molecule has 0 radical (unpaired) electrons. The van der Waals surface area contributed by atoms with Crippen molar-refractivity contribution in [3.05, 3.63) is 23.8 Å². The number of phenolic OH excluding ortho intramolecular Hbond substituents is 1. The first-order valence-corrected chi connectivity index (χ1v) is 7.16. The lowest BCUT2D eigenvalue weighted by Crippen LogP contribution is -2.40. The molecule has 1 aromatic carbocycles. The maximum absolute atomic E-state index is 9.45. The Labute approximate surface area is 114 Å². The van der Waals surface area contributed by atoms with Gasteiger partial charge in [-0.3, -0.25) is 0 Å². The number of likely N-dealkylation sites (tertiary alicyclic amines) is 1. The summed E-state index contributed by atoms with van der Waals surface area (Å²) in [5.74, 6) is 1.08. The van der Waals surface area contributed by atoms with Crippen LogP contribution in [0.1, 0.15) is 31.4 Å². The molecule has 0 spiro atoms. The van der Waals surface area contributed by atoms with Crippen molar-refractivity contribution in [1.29, 1.82) is 0 Å². The summed E-state index contributed by atoms with van der Waals surface area (Å²) in [5, 5.41) is 13.1. The van der Waals surface area contributed by atoms with Gasteiger partial charge >= 0.3 is 0 Å². The highest BCUT2D eigenvalue weighted by Gasteiger charge is 2.26. The summed E-state index contributed by atoms with van der Waals surface area (Å²) in [4.78, 5) is 2.52. The van der Waals surface area contributed by atoms with E-state index in [0.29, 0.717) is 12.6 Å². The Balaban J connectivity index is 1.59. The Morgan fingerprint density at radius 3 is 3.00 bits per heavy atom. The van der Waals surface area contributed by atoms with Crippen molar-refractivity contribution in [1.82, 2.24) is 10.2 Å². The molecule has 104 valence electrons. The normalized spacial score (nSPS) is 24.2. The van der Waals surface area contributed by atoms with E-state index in [0.717, 1.165) is 17.9 Å². The monoisotopic (exact) mass is 262 g/mol. The van der Waals surface area contributed by atoms with Crippen LogP contribution in [-0.2, 0) is 0 Å². The number of hydrogen-bond acceptors (Lipinski definition) is 4. The van der Waals surface area contributed by atoms with Gasteiger partial charge in [0.1, 0.15) is 18.1 Å². The maximum Gasteiger partial charge on any atom is 0.127 e. The third kappa shape index (κ3) is 2.85. The van der Waals surface area contributed by atoms with Gasteiger partial charge in [0.15, 0.2) is 0 Å². The van der Waals surface area contributed by atoms with E-state index < -0.39 is 0 Å². The Bertz CT molecular complexity index is 444. The summed E-state index contributed by atoms with van der Waals surface area (Å²) in [5.41, 5.74) is 1.16. The number of aromatic hydroxyl groups is 1. The minimum absolute atomic E-state index is 0.244. The summed E-state index contributed by atoms with van der Waals surface area (Å²) in [6, 6.07) is 6.08. The lowest BCUT2D eigenvalue weighted by atomic mass is 10.1. The molecular formula is C15H22N2O2. The molecule has 1 aromatic rings. The predicted molar refractivity (Wildman–Crippen MR) is 74.6 cm³/mol. The number of phenols is 1. The first-order valence-electron chi connectivity index (χ1n) is 7.16. The van der Waals surface area contributed by atoms with E-state index in [1.165, 1.54) is 25.9 Å². The van der Waals surface area contributed by atoms with Gasteiger partial charge in [0.05, 0.1) is 6.04 Å². The van der Waals surface area contributed by atoms with Crippen LogP contribution < -0.4 is 10.1 Å². The Morgan fingerprint density at radius 1 is 1.42 bits per heavy atom. The van der Waals surface area contributed by atoms with Gasteiger partial charge in [-0.25, -0.2) is 0 Å². The Hall–Kier alpha value is -1.26. The molecule has 1 fully saturated rings. The van der Waals surface area contributed by atoms with Gasteiger partial charge in [-0.1, -0.05) is 0 Å². The summed E-state index contributed by atoms with van der Waals surface area (Å²) in [6.45, 7) is 6.46. The van der Waals surface area contributed by atoms with Crippen LogP contribution >= 0.6 is 0 Å². The fourth-order valence-electron chi connectivity index (χ4n) is 3.09. The molecule has 0 amide bonds. The van der Waals surface area contributed by atoms with E-state index in [9.17, 15) is 5.11 Å². The SMILES string of the molecule is CC(CN1CCCC1)NC1COc2cc(O)ccc21. The maximum atomic E-state index is 9.45. The highest BCUT2D eigenvalue weighted by Crippen LogP contribution is 2.35. The highest BCUT2D eigenvalue weighted by atomic mass is 16.5. The molecule has 2 aliphatic rings. The summed E-state index contributed by atoms with van der Waals surface area (Å²) >= 11 is 0. The number of fused-ring (bicyclic) bond motifs is 1. The highest BCUT2D eigenvalue weighted by molar-refractivity contribution is 5.44. The standard InChI is InChI=1S/C15H22N2O2/c1-11(9-17-6-2-3-7-17)16-14-10-19-15-8-12(18)4-5-13(14)15/h4-5,8,11,14,16,18H,2-3,6-7,9-10H2,1H3. The third-order valence-corrected chi connectivity index (χ3v) is 3.99. The van der Waals surface area contributed by atoms with Crippen LogP contribution in [0.25, 0.3) is 0 Å². The molecule has 0 aliphatic carbocycles. The van der Waals surface area contributed by atoms with Crippen LogP contribution in [0.5, 0.6) is 11.5 Å². The molecule has 2 aliphatic heterocycles. The van der Waals surface area contributed by atoms with Crippen molar-refractivity contribution in [2.75, 3.05) is 26.2 Å². The minimum atomic E-state index is 0.244. The molecule has 3 rings (SSSR count). The number of benzene rings is 1. The number of nitrogens with zero attached hydrogens (tertiary/aromatic N) is 1. The van der Waals surface area contributed by atoms with E-state index in [1.807, 2.05) is 6.07 Å². The first-order chi connectivity index (χ1) is 9.22. The van der Waals surface area contributed by atoms with Crippen LogP contribution in [0.4, 0.5) is 0 Å². The molecule has 1 saturated heterocycles. The van der Waals surface area contributed by atoms with Gasteiger partial charge in [-0.05, 0) is 45.0 Å². The van der Waals surface area contributed by atoms with Crippen molar-refractivity contribution in [2.24, 2.45) is 0 Å². The van der Waals surface area contributed by atoms with E-state index in [-0.39, 0.29) is 11.8 Å². The number of hydrogen-bond donors (Lipinski definition) is 2. The Morgan fingerprint density at radius 2 is 2.21 bits per heavy atom. The molecule has 4 nitrogen and oxygen atoms in total. The van der Waals surface area contributed by atoms with Crippen molar-refractivity contribution in [3.63, 3.8) is 0 Å². The topological polar surface area (TPSA) is 44.7 Å². The molecule has 0 bridgehead atoms. The molecule has 0 saturated carbocycles. The summed E-state index contributed by atoms with van der Waals surface area (Å²) in [7, 11) is 0. The van der Waals surface area contributed by atoms with Crippen molar-refractivity contribution >= 4 is 0 Å². The summed E-state index contributed by atoms with van der Waals surface area (Å²) in [6.07, 6.45) is 2.67. The van der Waals surface area contributed by atoms with Crippen LogP contribution in [0.3, 0.4) is 0 Å². The quantitative estimate of drug-likeness (QED) is 0.870. The second kappa shape index (κ2) is 5.39. The van der Waals surface area contributed by atoms with E-state index in [1.54, 1.807) is 12.1 Å².